The molecule has 0 bridgehead atoms. The maximum atomic E-state index is 12.6. The zero-order valence-corrected chi connectivity index (χ0v) is 18.9. The lowest BCUT2D eigenvalue weighted by atomic mass is 10.0. The van der Waals surface area contributed by atoms with Crippen LogP contribution < -0.4 is 15.4 Å². The van der Waals surface area contributed by atoms with Crippen molar-refractivity contribution >= 4 is 28.3 Å². The monoisotopic (exact) mass is 458 g/mol. The molecular weight excluding hydrogens is 436 g/mol. The molecule has 166 valence electrons. The van der Waals surface area contributed by atoms with Crippen molar-refractivity contribution in [3.05, 3.63) is 84.4 Å². The Hall–Kier alpha value is -4.04. The van der Waals surface area contributed by atoms with Crippen LogP contribution in [0.4, 0.5) is 5.13 Å². The Morgan fingerprint density at radius 2 is 1.48 bits per heavy atom. The van der Waals surface area contributed by atoms with Gasteiger partial charge in [0.25, 0.3) is 5.91 Å². The van der Waals surface area contributed by atoms with Gasteiger partial charge in [0.15, 0.2) is 0 Å². The molecule has 0 fully saturated rings. The number of anilines is 1. The van der Waals surface area contributed by atoms with Crippen molar-refractivity contribution in [3.8, 4) is 27.4 Å². The number of methoxy groups -OCH3 is 1. The number of carbonyl (C=O) groups excluding carboxylic acids is 2. The van der Waals surface area contributed by atoms with E-state index in [1.54, 1.807) is 26.2 Å². The number of nitrogens with one attached hydrogen (secondary N) is 2. The van der Waals surface area contributed by atoms with Gasteiger partial charge in [-0.25, -0.2) is 0 Å². The number of aromatic nitrogens is 2. The standard InChI is InChI=1S/C25H22N4O3S/c1-16(26-23(31)19-10-8-18(9-11-19)17-6-4-3-5-7-17)22(30)27-25-29-28-24(33-25)20-12-14-21(32-2)15-13-20/h3-16H,1-2H3,(H,26,31)(H,27,29,30). The predicted octanol–water partition coefficient (Wildman–Crippen LogP) is 4.64. The number of nitrogens with zero attached hydrogens (tertiary/aromatic N) is 2. The summed E-state index contributed by atoms with van der Waals surface area (Å²) in [6.07, 6.45) is 0. The number of hydrogen-bond donors (Lipinski definition) is 2. The molecule has 1 heterocycles. The van der Waals surface area contributed by atoms with E-state index in [9.17, 15) is 9.59 Å². The molecule has 4 rings (SSSR count). The molecule has 3 aromatic carbocycles. The van der Waals surface area contributed by atoms with Crippen LogP contribution >= 0.6 is 11.3 Å². The highest BCUT2D eigenvalue weighted by Crippen LogP contribution is 2.27. The lowest BCUT2D eigenvalue weighted by Gasteiger charge is -2.13. The second-order valence-corrected chi connectivity index (χ2v) is 8.25. The molecule has 8 heteroatoms. The fourth-order valence-corrected chi connectivity index (χ4v) is 3.88. The van der Waals surface area contributed by atoms with Crippen LogP contribution in [0.3, 0.4) is 0 Å². The number of carbonyl (C=O) groups is 2. The van der Waals surface area contributed by atoms with Crippen LogP contribution in [-0.2, 0) is 4.79 Å². The van der Waals surface area contributed by atoms with Crippen molar-refractivity contribution in [1.82, 2.24) is 15.5 Å². The Morgan fingerprint density at radius 3 is 2.15 bits per heavy atom. The second-order valence-electron chi connectivity index (χ2n) is 7.27. The molecule has 0 aliphatic heterocycles. The van der Waals surface area contributed by atoms with Crippen molar-refractivity contribution in [2.75, 3.05) is 12.4 Å². The fourth-order valence-electron chi connectivity index (χ4n) is 3.13. The topological polar surface area (TPSA) is 93.2 Å². The average Bonchev–Trinajstić information content (AvgIpc) is 3.33. The summed E-state index contributed by atoms with van der Waals surface area (Å²) in [4.78, 5) is 25.1. The largest absolute Gasteiger partial charge is 0.497 e. The van der Waals surface area contributed by atoms with Crippen LogP contribution in [-0.4, -0.2) is 35.2 Å². The summed E-state index contributed by atoms with van der Waals surface area (Å²) in [5.74, 6) is 0.0474. The molecule has 33 heavy (non-hydrogen) atoms. The zero-order chi connectivity index (χ0) is 23.2. The van der Waals surface area contributed by atoms with Crippen LogP contribution in [0.1, 0.15) is 17.3 Å². The van der Waals surface area contributed by atoms with Crippen LogP contribution in [0, 0.1) is 0 Å². The molecule has 1 atom stereocenters. The van der Waals surface area contributed by atoms with E-state index in [0.717, 1.165) is 22.4 Å². The third-order valence-corrected chi connectivity index (χ3v) is 5.87. The number of benzene rings is 3. The van der Waals surface area contributed by atoms with Crippen LogP contribution in [0.25, 0.3) is 21.7 Å². The Bertz CT molecular complexity index is 1240. The molecule has 0 aliphatic carbocycles. The number of amides is 2. The van der Waals surface area contributed by atoms with Gasteiger partial charge in [-0.05, 0) is 54.4 Å². The molecule has 0 spiro atoms. The van der Waals surface area contributed by atoms with E-state index >= 15 is 0 Å². The third-order valence-electron chi connectivity index (χ3n) is 4.99. The molecule has 4 aromatic rings. The lowest BCUT2D eigenvalue weighted by molar-refractivity contribution is -0.117. The highest BCUT2D eigenvalue weighted by atomic mass is 32.1. The quantitative estimate of drug-likeness (QED) is 0.421. The van der Waals surface area contributed by atoms with Crippen molar-refractivity contribution in [3.63, 3.8) is 0 Å². The maximum Gasteiger partial charge on any atom is 0.251 e. The van der Waals surface area contributed by atoms with E-state index in [0.29, 0.717) is 15.7 Å². The van der Waals surface area contributed by atoms with Crippen LogP contribution in [0.2, 0.25) is 0 Å². The molecule has 0 saturated heterocycles. The van der Waals surface area contributed by atoms with Gasteiger partial charge in [-0.1, -0.05) is 53.8 Å². The van der Waals surface area contributed by atoms with E-state index in [4.69, 9.17) is 4.74 Å². The van der Waals surface area contributed by atoms with Gasteiger partial charge in [-0.3, -0.25) is 14.9 Å². The first-order valence-corrected chi connectivity index (χ1v) is 11.1. The van der Waals surface area contributed by atoms with E-state index in [2.05, 4.69) is 20.8 Å². The van der Waals surface area contributed by atoms with Crippen molar-refractivity contribution in [2.24, 2.45) is 0 Å². The summed E-state index contributed by atoms with van der Waals surface area (Å²) < 4.78 is 5.15. The molecular formula is C25H22N4O3S. The first-order valence-electron chi connectivity index (χ1n) is 10.3. The number of ether oxygens (including phenoxy) is 1. The minimum absolute atomic E-state index is 0.326. The van der Waals surface area contributed by atoms with E-state index in [1.165, 1.54) is 11.3 Å². The number of hydrogen-bond acceptors (Lipinski definition) is 6. The molecule has 1 unspecified atom stereocenters. The van der Waals surface area contributed by atoms with Crippen LogP contribution in [0.15, 0.2) is 78.9 Å². The average molecular weight is 459 g/mol. The van der Waals surface area contributed by atoms with Crippen molar-refractivity contribution in [1.29, 1.82) is 0 Å². The molecule has 0 aliphatic rings. The molecule has 2 N–H and O–H groups in total. The Morgan fingerprint density at radius 1 is 0.848 bits per heavy atom. The van der Waals surface area contributed by atoms with Gasteiger partial charge in [-0.15, -0.1) is 10.2 Å². The maximum absolute atomic E-state index is 12.6. The molecule has 2 amide bonds. The first kappa shape index (κ1) is 22.2. The third kappa shape index (κ3) is 5.42. The Balaban J connectivity index is 1.34. The molecule has 1 aromatic heterocycles. The van der Waals surface area contributed by atoms with Gasteiger partial charge in [0.05, 0.1) is 7.11 Å². The van der Waals surface area contributed by atoms with E-state index in [1.807, 2.05) is 66.7 Å². The Labute approximate surface area is 195 Å². The molecule has 7 nitrogen and oxygen atoms in total. The summed E-state index contributed by atoms with van der Waals surface area (Å²) in [5.41, 5.74) is 3.44. The smallest absolute Gasteiger partial charge is 0.251 e. The van der Waals surface area contributed by atoms with Gasteiger partial charge in [0.2, 0.25) is 11.0 Å². The van der Waals surface area contributed by atoms with Gasteiger partial charge >= 0.3 is 0 Å². The van der Waals surface area contributed by atoms with Gasteiger partial charge in [0.1, 0.15) is 16.8 Å². The first-order chi connectivity index (χ1) is 16.0. The SMILES string of the molecule is COc1ccc(-c2nnc(NC(=O)C(C)NC(=O)c3ccc(-c4ccccc4)cc3)s2)cc1. The van der Waals surface area contributed by atoms with Crippen LogP contribution in [0.5, 0.6) is 5.75 Å². The van der Waals surface area contributed by atoms with Gasteiger partial charge < -0.3 is 10.1 Å². The van der Waals surface area contributed by atoms with Crippen molar-refractivity contribution < 1.29 is 14.3 Å². The summed E-state index contributed by atoms with van der Waals surface area (Å²) in [7, 11) is 1.60. The fraction of sp³-hybridized carbons (Fsp3) is 0.120. The van der Waals surface area contributed by atoms with E-state index < -0.39 is 6.04 Å². The summed E-state index contributed by atoms with van der Waals surface area (Å²) in [6.45, 7) is 1.62. The minimum atomic E-state index is -0.750. The zero-order valence-electron chi connectivity index (χ0n) is 18.1. The number of rotatable bonds is 7. The van der Waals surface area contributed by atoms with Gasteiger partial charge in [0, 0.05) is 11.1 Å². The van der Waals surface area contributed by atoms with Crippen molar-refractivity contribution in [2.45, 2.75) is 13.0 Å². The minimum Gasteiger partial charge on any atom is -0.497 e. The summed E-state index contributed by atoms with van der Waals surface area (Å²) >= 11 is 1.25. The normalized spacial score (nSPS) is 11.5. The van der Waals surface area contributed by atoms with E-state index in [-0.39, 0.29) is 11.8 Å². The molecule has 0 saturated carbocycles. The Kier molecular flexibility index (Phi) is 6.75. The highest BCUT2D eigenvalue weighted by Gasteiger charge is 2.19. The van der Waals surface area contributed by atoms with Gasteiger partial charge in [-0.2, -0.15) is 0 Å². The summed E-state index contributed by atoms with van der Waals surface area (Å²) in [5, 5.41) is 14.6. The second kappa shape index (κ2) is 10.1. The summed E-state index contributed by atoms with van der Waals surface area (Å²) in [6, 6.07) is 23.8. The highest BCUT2D eigenvalue weighted by molar-refractivity contribution is 7.18. The predicted molar refractivity (Wildman–Crippen MR) is 129 cm³/mol. The lowest BCUT2D eigenvalue weighted by Crippen LogP contribution is -2.41. The molecule has 0 radical (unpaired) electrons.